The fourth-order valence-electron chi connectivity index (χ4n) is 8.12. The summed E-state index contributed by atoms with van der Waals surface area (Å²) in [7, 11) is 1.91. The van der Waals surface area contributed by atoms with Gasteiger partial charge in [-0.05, 0) is 86.0 Å². The van der Waals surface area contributed by atoms with Gasteiger partial charge in [0.1, 0.15) is 0 Å². The lowest BCUT2D eigenvalue weighted by Crippen LogP contribution is -2.60. The molecule has 9 heteroatoms. The molecule has 3 fully saturated rings. The van der Waals surface area contributed by atoms with Gasteiger partial charge >= 0.3 is 12.2 Å². The average molecular weight is 524 g/mol. The highest BCUT2D eigenvalue weighted by atomic mass is 35.5. The molecule has 0 spiro atoms. The number of amides is 3. The zero-order valence-electron chi connectivity index (χ0n) is 20.8. The zero-order chi connectivity index (χ0) is 26.0. The van der Waals surface area contributed by atoms with E-state index in [4.69, 9.17) is 11.6 Å². The van der Waals surface area contributed by atoms with Crippen molar-refractivity contribution in [3.8, 4) is 0 Å². The molecule has 3 saturated carbocycles. The van der Waals surface area contributed by atoms with Gasteiger partial charge in [0.25, 0.3) is 0 Å². The van der Waals surface area contributed by atoms with Crippen molar-refractivity contribution in [2.24, 2.45) is 28.6 Å². The van der Waals surface area contributed by atoms with Crippen LogP contribution in [0.2, 0.25) is 5.02 Å². The third kappa shape index (κ3) is 4.00. The van der Waals surface area contributed by atoms with Crippen LogP contribution >= 0.6 is 11.6 Å². The number of fused-ring (bicyclic) bond motifs is 5. The molecule has 7 atom stereocenters. The number of alkyl halides is 3. The monoisotopic (exact) mass is 523 g/mol. The van der Waals surface area contributed by atoms with Crippen molar-refractivity contribution in [2.75, 3.05) is 12.4 Å². The van der Waals surface area contributed by atoms with E-state index in [1.165, 1.54) is 6.07 Å². The number of urea groups is 1. The number of halogens is 4. The Labute approximate surface area is 214 Å². The van der Waals surface area contributed by atoms with E-state index < -0.39 is 22.8 Å². The number of nitrogens with zero attached hydrogens (tertiary/aromatic N) is 1. The highest BCUT2D eigenvalue weighted by Gasteiger charge is 2.60. The largest absolute Gasteiger partial charge is 0.417 e. The summed E-state index contributed by atoms with van der Waals surface area (Å²) in [4.78, 5) is 27.0. The molecule has 2 N–H and O–H groups in total. The lowest BCUT2D eigenvalue weighted by Gasteiger charge is -2.60. The lowest BCUT2D eigenvalue weighted by atomic mass is 9.48. The molecule has 1 heterocycles. The van der Waals surface area contributed by atoms with Crippen LogP contribution in [-0.2, 0) is 11.0 Å². The zero-order valence-corrected chi connectivity index (χ0v) is 21.5. The number of hydrogen-bond acceptors (Lipinski definition) is 2. The van der Waals surface area contributed by atoms with Crippen molar-refractivity contribution in [3.63, 3.8) is 0 Å². The van der Waals surface area contributed by atoms with E-state index in [1.54, 1.807) is 6.08 Å². The molecule has 1 aliphatic heterocycles. The summed E-state index contributed by atoms with van der Waals surface area (Å²) in [5.74, 6) is 1.55. The molecule has 0 aromatic heterocycles. The average Bonchev–Trinajstić information content (AvgIpc) is 3.13. The van der Waals surface area contributed by atoms with Gasteiger partial charge in [0, 0.05) is 30.2 Å². The first-order valence-corrected chi connectivity index (χ1v) is 13.1. The van der Waals surface area contributed by atoms with E-state index >= 15 is 0 Å². The topological polar surface area (TPSA) is 61.4 Å². The summed E-state index contributed by atoms with van der Waals surface area (Å²) in [6.07, 6.45) is 5.20. The summed E-state index contributed by atoms with van der Waals surface area (Å²) < 4.78 is 39.6. The van der Waals surface area contributed by atoms with Gasteiger partial charge in [-0.2, -0.15) is 13.2 Å². The van der Waals surface area contributed by atoms with Gasteiger partial charge in [-0.3, -0.25) is 4.79 Å². The van der Waals surface area contributed by atoms with Crippen molar-refractivity contribution < 1.29 is 22.8 Å². The van der Waals surface area contributed by atoms with E-state index in [2.05, 4.69) is 30.6 Å². The first kappa shape index (κ1) is 25.4. The maximum atomic E-state index is 13.2. The van der Waals surface area contributed by atoms with Crippen molar-refractivity contribution in [1.29, 1.82) is 0 Å². The molecule has 3 aliphatic carbocycles. The number of carbonyl (C=O) groups is 2. The number of rotatable bonds is 2. The van der Waals surface area contributed by atoms with E-state index in [1.807, 2.05) is 11.9 Å². The maximum Gasteiger partial charge on any atom is 0.417 e. The van der Waals surface area contributed by atoms with Gasteiger partial charge in [0.05, 0.1) is 10.6 Å². The number of anilines is 1. The van der Waals surface area contributed by atoms with Crippen molar-refractivity contribution >= 4 is 29.2 Å². The minimum atomic E-state index is -4.60. The van der Waals surface area contributed by atoms with Crippen LogP contribution in [0.1, 0.15) is 57.9 Å². The molecule has 1 aromatic rings. The van der Waals surface area contributed by atoms with Gasteiger partial charge in [-0.15, -0.1) is 0 Å². The Morgan fingerprint density at radius 3 is 2.58 bits per heavy atom. The molecule has 3 amide bonds. The van der Waals surface area contributed by atoms with E-state index in [0.717, 1.165) is 50.7 Å². The highest BCUT2D eigenvalue weighted by Crippen LogP contribution is 2.63. The second kappa shape index (κ2) is 8.67. The van der Waals surface area contributed by atoms with Gasteiger partial charge in [0.2, 0.25) is 5.91 Å². The first-order chi connectivity index (χ1) is 16.8. The summed E-state index contributed by atoms with van der Waals surface area (Å²) in [6, 6.07) is 3.07. The minimum absolute atomic E-state index is 0.0411. The van der Waals surface area contributed by atoms with Crippen molar-refractivity contribution in [3.05, 3.63) is 40.9 Å². The fraction of sp³-hybridized carbons (Fsp3) is 0.630. The Kier molecular flexibility index (Phi) is 6.13. The van der Waals surface area contributed by atoms with Crippen LogP contribution in [0.15, 0.2) is 30.4 Å². The first-order valence-electron chi connectivity index (χ1n) is 12.7. The number of carbonyl (C=O) groups excluding carboxylic acids is 2. The minimum Gasteiger partial charge on any atom is -0.338 e. The normalized spacial score (nSPS) is 37.7. The molecular formula is C27H33ClF3N3O2. The van der Waals surface area contributed by atoms with Crippen LogP contribution < -0.4 is 10.6 Å². The highest BCUT2D eigenvalue weighted by molar-refractivity contribution is 6.31. The molecular weight excluding hydrogens is 491 g/mol. The second-order valence-corrected chi connectivity index (χ2v) is 12.0. The second-order valence-electron chi connectivity index (χ2n) is 11.6. The molecule has 196 valence electrons. The van der Waals surface area contributed by atoms with Crippen LogP contribution in [0.4, 0.5) is 23.7 Å². The third-order valence-corrected chi connectivity index (χ3v) is 10.3. The molecule has 3 unspecified atom stereocenters. The standard InChI is InChI=1S/C27H33ClF3N3O2/c1-25-12-10-18-16(5-9-22-26(18,2)13-11-23(35)34(22)3)17(25)6-8-21(25)33-24(36)32-15-4-7-20(28)19(14-15)27(29,30)31/h4,7,11,13-14,16-18,21-22H,5-6,8-10,12H2,1-3H3,(H2,32,33,36)/t16?,17?,18?,21-,22+,25-,26+/m0/s1. The van der Waals surface area contributed by atoms with Gasteiger partial charge in [-0.1, -0.05) is 31.5 Å². The Bertz CT molecular complexity index is 1110. The molecule has 5 nitrogen and oxygen atoms in total. The predicted molar refractivity (Wildman–Crippen MR) is 132 cm³/mol. The summed E-state index contributed by atoms with van der Waals surface area (Å²) in [5, 5.41) is 5.26. The third-order valence-electron chi connectivity index (χ3n) is 9.96. The van der Waals surface area contributed by atoms with E-state index in [0.29, 0.717) is 17.8 Å². The molecule has 0 radical (unpaired) electrons. The molecule has 0 bridgehead atoms. The van der Waals surface area contributed by atoms with Gasteiger partial charge in [0.15, 0.2) is 0 Å². The van der Waals surface area contributed by atoms with Gasteiger partial charge < -0.3 is 15.5 Å². The molecule has 1 aromatic carbocycles. The lowest BCUT2D eigenvalue weighted by molar-refractivity contribution is -0.138. The summed E-state index contributed by atoms with van der Waals surface area (Å²) >= 11 is 5.70. The van der Waals surface area contributed by atoms with Crippen LogP contribution in [0.5, 0.6) is 0 Å². The predicted octanol–water partition coefficient (Wildman–Crippen LogP) is 6.49. The fourth-order valence-corrected chi connectivity index (χ4v) is 8.35. The molecule has 5 rings (SSSR count). The number of likely N-dealkylation sites (N-methyl/N-ethyl adjacent to an activating group) is 1. The summed E-state index contributed by atoms with van der Waals surface area (Å²) in [6.45, 7) is 4.56. The summed E-state index contributed by atoms with van der Waals surface area (Å²) in [5.41, 5.74) is -1.03. The maximum absolute atomic E-state index is 13.2. The van der Waals surface area contributed by atoms with E-state index in [9.17, 15) is 22.8 Å². The Morgan fingerprint density at radius 2 is 1.86 bits per heavy atom. The molecule has 0 saturated heterocycles. The van der Waals surface area contributed by atoms with Crippen molar-refractivity contribution in [1.82, 2.24) is 10.2 Å². The SMILES string of the molecule is CN1C(=O)C=C[C@]2(C)C3CC[C@@]4(C)C(CC[C@@H]4NC(=O)Nc4ccc(Cl)c(C(F)(F)F)c4)C3CC[C@@H]12. The van der Waals surface area contributed by atoms with E-state index in [-0.39, 0.29) is 34.5 Å². The Hall–Kier alpha value is -2.22. The van der Waals surface area contributed by atoms with Crippen molar-refractivity contribution in [2.45, 2.75) is 70.6 Å². The number of hydrogen-bond donors (Lipinski definition) is 2. The van der Waals surface area contributed by atoms with Crippen LogP contribution in [-0.4, -0.2) is 36.0 Å². The number of benzene rings is 1. The quantitative estimate of drug-likeness (QED) is 0.465. The molecule has 36 heavy (non-hydrogen) atoms. The molecule has 4 aliphatic rings. The number of nitrogens with one attached hydrogen (secondary N) is 2. The van der Waals surface area contributed by atoms with Crippen LogP contribution in [0, 0.1) is 28.6 Å². The Balaban J connectivity index is 1.29. The van der Waals surface area contributed by atoms with Gasteiger partial charge in [-0.25, -0.2) is 4.79 Å². The van der Waals surface area contributed by atoms with Crippen LogP contribution in [0.25, 0.3) is 0 Å². The van der Waals surface area contributed by atoms with Crippen LogP contribution in [0.3, 0.4) is 0 Å². The Morgan fingerprint density at radius 1 is 1.11 bits per heavy atom. The smallest absolute Gasteiger partial charge is 0.338 e.